The van der Waals surface area contributed by atoms with E-state index in [2.05, 4.69) is 34.8 Å². The van der Waals surface area contributed by atoms with E-state index in [1.165, 1.54) is 11.0 Å². The molecular weight excluding hydrogens is 422 g/mol. The zero-order chi connectivity index (χ0) is 23.0. The van der Waals surface area contributed by atoms with Gasteiger partial charge in [0.1, 0.15) is 0 Å². The van der Waals surface area contributed by atoms with Crippen molar-refractivity contribution in [1.29, 1.82) is 0 Å². The van der Waals surface area contributed by atoms with E-state index in [-0.39, 0.29) is 6.04 Å². The molecule has 170 valence electrons. The quantitative estimate of drug-likeness (QED) is 0.473. The Bertz CT molecular complexity index is 1020. The van der Waals surface area contributed by atoms with Crippen LogP contribution in [0.1, 0.15) is 36.8 Å². The first-order chi connectivity index (χ1) is 14.6. The summed E-state index contributed by atoms with van der Waals surface area (Å²) in [5, 5.41) is 17.2. The van der Waals surface area contributed by atoms with Gasteiger partial charge in [-0.3, -0.25) is 0 Å². The smallest absolute Gasteiger partial charge is 0.414 e. The van der Waals surface area contributed by atoms with Crippen LogP contribution in [0.3, 0.4) is 0 Å². The van der Waals surface area contributed by atoms with Crippen molar-refractivity contribution < 1.29 is 28.2 Å². The third-order valence-electron chi connectivity index (χ3n) is 4.93. The van der Waals surface area contributed by atoms with E-state index in [4.69, 9.17) is 19.8 Å². The van der Waals surface area contributed by atoms with Crippen LogP contribution >= 0.6 is 0 Å². The summed E-state index contributed by atoms with van der Waals surface area (Å²) >= 11 is 0. The second-order valence-corrected chi connectivity index (χ2v) is 9.33. The number of carboxylic acids is 2. The number of carbonyl (C=O) groups is 2. The molecule has 0 atom stereocenters. The number of likely N-dealkylation sites (N-methyl/N-ethyl adjacent to an activating group) is 1. The summed E-state index contributed by atoms with van der Waals surface area (Å²) in [4.78, 5) is 23.6. The lowest BCUT2D eigenvalue weighted by Crippen LogP contribution is -2.30. The number of hydrogen-bond acceptors (Lipinski definition) is 5. The molecule has 31 heavy (non-hydrogen) atoms. The van der Waals surface area contributed by atoms with E-state index in [0.717, 1.165) is 55.1 Å². The summed E-state index contributed by atoms with van der Waals surface area (Å²) in [6.45, 7) is 0.979. The number of hydrogen-bond donors (Lipinski definition) is 4. The van der Waals surface area contributed by atoms with E-state index in [1.807, 2.05) is 18.3 Å². The maximum Gasteiger partial charge on any atom is 0.414 e. The highest BCUT2D eigenvalue weighted by Gasteiger charge is 2.19. The van der Waals surface area contributed by atoms with Gasteiger partial charge in [0.25, 0.3) is 0 Å². The first-order valence-corrected chi connectivity index (χ1v) is 11.5. The summed E-state index contributed by atoms with van der Waals surface area (Å²) in [5.74, 6) is -3.65. The lowest BCUT2D eigenvalue weighted by Gasteiger charge is -2.09. The molecule has 9 nitrogen and oxygen atoms in total. The Kier molecular flexibility index (Phi) is 8.78. The van der Waals surface area contributed by atoms with Gasteiger partial charge in [-0.1, -0.05) is 18.9 Å². The van der Waals surface area contributed by atoms with Crippen molar-refractivity contribution in [2.75, 3.05) is 20.6 Å². The molecule has 1 saturated carbocycles. The molecule has 1 fully saturated rings. The van der Waals surface area contributed by atoms with Gasteiger partial charge in [0.15, 0.2) is 0 Å². The van der Waals surface area contributed by atoms with Crippen molar-refractivity contribution in [2.24, 2.45) is 0 Å². The predicted molar refractivity (Wildman–Crippen MR) is 119 cm³/mol. The van der Waals surface area contributed by atoms with Crippen LogP contribution in [-0.4, -0.2) is 67.1 Å². The largest absolute Gasteiger partial charge is 0.473 e. The van der Waals surface area contributed by atoms with Gasteiger partial charge >= 0.3 is 11.9 Å². The van der Waals surface area contributed by atoms with Crippen molar-refractivity contribution >= 4 is 38.9 Å². The third-order valence-corrected chi connectivity index (χ3v) is 6.08. The SMILES string of the molecule is CN(C)CCc1c[nH]c2ccc(C=CS(=O)(=O)NC3CCCC3)cc12.O=C(O)C(=O)O. The van der Waals surface area contributed by atoms with Crippen molar-refractivity contribution in [3.05, 3.63) is 40.9 Å². The number of sulfonamides is 1. The van der Waals surface area contributed by atoms with Crippen LogP contribution in [0.2, 0.25) is 0 Å². The Labute approximate surface area is 181 Å². The molecule has 3 rings (SSSR count). The molecule has 0 unspecified atom stereocenters. The Morgan fingerprint density at radius 2 is 1.84 bits per heavy atom. The third kappa shape index (κ3) is 8.16. The van der Waals surface area contributed by atoms with Crippen LogP contribution in [0.4, 0.5) is 0 Å². The molecule has 10 heteroatoms. The zero-order valence-electron chi connectivity index (χ0n) is 17.7. The summed E-state index contributed by atoms with van der Waals surface area (Å²) in [6, 6.07) is 6.10. The molecule has 0 bridgehead atoms. The normalized spacial score (nSPS) is 14.8. The highest BCUT2D eigenvalue weighted by Crippen LogP contribution is 2.22. The maximum atomic E-state index is 12.2. The van der Waals surface area contributed by atoms with Gasteiger partial charge in [-0.05, 0) is 62.7 Å². The minimum absolute atomic E-state index is 0.0967. The Hall–Kier alpha value is -2.69. The van der Waals surface area contributed by atoms with Crippen LogP contribution in [0.15, 0.2) is 29.8 Å². The topological polar surface area (TPSA) is 140 Å². The van der Waals surface area contributed by atoms with Gasteiger partial charge in [0, 0.05) is 35.1 Å². The summed E-state index contributed by atoms with van der Waals surface area (Å²) in [6.07, 6.45) is 8.78. The first-order valence-electron chi connectivity index (χ1n) is 9.99. The fourth-order valence-corrected chi connectivity index (χ4v) is 4.45. The molecular formula is C21H29N3O6S. The molecule has 0 amide bonds. The van der Waals surface area contributed by atoms with Gasteiger partial charge < -0.3 is 20.1 Å². The van der Waals surface area contributed by atoms with Crippen molar-refractivity contribution in [2.45, 2.75) is 38.1 Å². The van der Waals surface area contributed by atoms with Crippen LogP contribution in [0.5, 0.6) is 0 Å². The number of aromatic amines is 1. The number of nitrogens with zero attached hydrogens (tertiary/aromatic N) is 1. The number of nitrogens with one attached hydrogen (secondary N) is 2. The minimum Gasteiger partial charge on any atom is -0.473 e. The number of H-pyrrole nitrogens is 1. The second kappa shape index (κ2) is 11.1. The van der Waals surface area contributed by atoms with Crippen LogP contribution in [0, 0.1) is 0 Å². The van der Waals surface area contributed by atoms with Crippen LogP contribution in [0.25, 0.3) is 17.0 Å². The molecule has 1 heterocycles. The van der Waals surface area contributed by atoms with E-state index in [1.54, 1.807) is 6.08 Å². The van der Waals surface area contributed by atoms with E-state index >= 15 is 0 Å². The predicted octanol–water partition coefficient (Wildman–Crippen LogP) is 2.26. The number of carboxylic acid groups (broad SMARTS) is 2. The summed E-state index contributed by atoms with van der Waals surface area (Å²) in [7, 11) is 0.742. The number of rotatable bonds is 7. The number of fused-ring (bicyclic) bond motifs is 1. The van der Waals surface area contributed by atoms with Crippen molar-refractivity contribution in [3.63, 3.8) is 0 Å². The average Bonchev–Trinajstić information content (AvgIpc) is 3.34. The average molecular weight is 452 g/mol. The van der Waals surface area contributed by atoms with E-state index < -0.39 is 22.0 Å². The van der Waals surface area contributed by atoms with Crippen LogP contribution < -0.4 is 4.72 Å². The summed E-state index contributed by atoms with van der Waals surface area (Å²) < 4.78 is 27.2. The molecule has 1 aliphatic rings. The monoisotopic (exact) mass is 451 g/mol. The highest BCUT2D eigenvalue weighted by atomic mass is 32.2. The van der Waals surface area contributed by atoms with E-state index in [9.17, 15) is 8.42 Å². The van der Waals surface area contributed by atoms with Gasteiger partial charge in [0.2, 0.25) is 10.0 Å². The fourth-order valence-electron chi connectivity index (χ4n) is 3.33. The van der Waals surface area contributed by atoms with Crippen molar-refractivity contribution in [3.8, 4) is 0 Å². The van der Waals surface area contributed by atoms with Gasteiger partial charge in [-0.25, -0.2) is 22.7 Å². The molecule has 1 aromatic carbocycles. The molecule has 4 N–H and O–H groups in total. The zero-order valence-corrected chi connectivity index (χ0v) is 18.5. The Balaban J connectivity index is 0.000000501. The molecule has 0 saturated heterocycles. The number of aromatic nitrogens is 1. The summed E-state index contributed by atoms with van der Waals surface area (Å²) in [5.41, 5.74) is 3.23. The standard InChI is InChI=1S/C19H27N3O2S.C2H2O4/c1-22(2)11-9-16-14-20-19-8-7-15(13-18(16)19)10-12-25(23,24)21-17-5-3-4-6-17;3-1(4)2(5)6/h7-8,10,12-14,17,20-21H,3-6,9,11H2,1-2H3;(H,3,4)(H,5,6). The van der Waals surface area contributed by atoms with E-state index in [0.29, 0.717) is 0 Å². The molecule has 0 aliphatic heterocycles. The van der Waals surface area contributed by atoms with Crippen molar-refractivity contribution in [1.82, 2.24) is 14.6 Å². The van der Waals surface area contributed by atoms with Gasteiger partial charge in [-0.2, -0.15) is 0 Å². The van der Waals surface area contributed by atoms with Gasteiger partial charge in [-0.15, -0.1) is 0 Å². The number of benzene rings is 1. The molecule has 2 aromatic rings. The second-order valence-electron chi connectivity index (χ2n) is 7.73. The Morgan fingerprint density at radius 3 is 2.42 bits per heavy atom. The lowest BCUT2D eigenvalue weighted by atomic mass is 10.1. The first kappa shape index (κ1) is 24.6. The van der Waals surface area contributed by atoms with Crippen LogP contribution in [-0.2, 0) is 26.0 Å². The molecule has 1 aromatic heterocycles. The number of aliphatic carboxylic acids is 2. The molecule has 0 radical (unpaired) electrons. The molecule has 0 spiro atoms. The van der Waals surface area contributed by atoms with Gasteiger partial charge in [0.05, 0.1) is 0 Å². The maximum absolute atomic E-state index is 12.2. The minimum atomic E-state index is -3.38. The molecule has 1 aliphatic carbocycles. The fraction of sp³-hybridized carbons (Fsp3) is 0.429. The highest BCUT2D eigenvalue weighted by molar-refractivity contribution is 7.92. The Morgan fingerprint density at radius 1 is 1.19 bits per heavy atom. The lowest BCUT2D eigenvalue weighted by molar-refractivity contribution is -0.159.